The van der Waals surface area contributed by atoms with E-state index in [0.29, 0.717) is 0 Å². The van der Waals surface area contributed by atoms with Crippen LogP contribution in [0.1, 0.15) is 72.6 Å². The van der Waals surface area contributed by atoms with Gasteiger partial charge in [0.1, 0.15) is 17.2 Å². The van der Waals surface area contributed by atoms with Crippen LogP contribution in [0.2, 0.25) is 0 Å². The van der Waals surface area contributed by atoms with E-state index in [1.54, 1.807) is 41.5 Å². The fraction of sp³-hybridized carbons (Fsp3) is 0.300. The molecule has 0 spiro atoms. The molecule has 10 nitrogen and oxygen atoms in total. The molecule has 0 aliphatic rings. The molecule has 3 aromatic rings. The number of ether oxygens (including phenoxy) is 3. The van der Waals surface area contributed by atoms with Gasteiger partial charge in [-0.3, -0.25) is 0 Å². The average Bonchev–Trinajstić information content (AvgIpc) is 2.88. The molecule has 0 amide bonds. The predicted molar refractivity (Wildman–Crippen MR) is 150 cm³/mol. The summed E-state index contributed by atoms with van der Waals surface area (Å²) >= 11 is 0. The lowest BCUT2D eigenvalue weighted by molar-refractivity contribution is 0.0367. The Morgan fingerprint density at radius 1 is 0.463 bits per heavy atom. The fourth-order valence-corrected chi connectivity index (χ4v) is 4.50. The zero-order valence-electron chi connectivity index (χ0n) is 23.7. The lowest BCUT2D eigenvalue weighted by Gasteiger charge is -2.20. The van der Waals surface area contributed by atoms with E-state index in [2.05, 4.69) is 0 Å². The van der Waals surface area contributed by atoms with Crippen molar-refractivity contribution in [3.63, 3.8) is 0 Å². The van der Waals surface area contributed by atoms with Crippen LogP contribution >= 0.6 is 7.82 Å². The van der Waals surface area contributed by atoms with Crippen molar-refractivity contribution in [2.45, 2.75) is 59.9 Å². The van der Waals surface area contributed by atoms with Crippen molar-refractivity contribution in [3.05, 3.63) is 89.5 Å². The maximum atomic E-state index is 13.9. The number of esters is 3. The number of hydrogen-bond donors (Lipinski definition) is 0. The Balaban J connectivity index is 1.85. The Kier molecular flexibility index (Phi) is 10.6. The minimum absolute atomic E-state index is 0.0868. The SMILES string of the molecule is CC(C)OC(=O)c1ccc(OP(=O)(Oc2ccc(C(=O)OC(C)C)cc2)Oc2ccc(C(=O)OC(C)C)cc2)cc1. The average molecular weight is 585 g/mol. The molecule has 0 saturated carbocycles. The molecule has 0 aliphatic carbocycles. The number of benzene rings is 3. The molecule has 0 fully saturated rings. The highest BCUT2D eigenvalue weighted by molar-refractivity contribution is 7.49. The highest BCUT2D eigenvalue weighted by Gasteiger charge is 2.33. The van der Waals surface area contributed by atoms with Gasteiger partial charge in [0.2, 0.25) is 0 Å². The van der Waals surface area contributed by atoms with E-state index >= 15 is 0 Å². The number of phosphoric acid groups is 1. The summed E-state index contributed by atoms with van der Waals surface area (Å²) < 4.78 is 46.4. The second kappa shape index (κ2) is 13.9. The van der Waals surface area contributed by atoms with Gasteiger partial charge in [-0.1, -0.05) is 0 Å². The van der Waals surface area contributed by atoms with Crippen LogP contribution in [0.15, 0.2) is 72.8 Å². The molecule has 0 unspecified atom stereocenters. The van der Waals surface area contributed by atoms with Crippen molar-refractivity contribution in [3.8, 4) is 17.2 Å². The molecular weight excluding hydrogens is 551 g/mol. The van der Waals surface area contributed by atoms with Crippen LogP contribution in [0.4, 0.5) is 0 Å². The summed E-state index contributed by atoms with van der Waals surface area (Å²) in [4.78, 5) is 36.5. The quantitative estimate of drug-likeness (QED) is 0.125. The van der Waals surface area contributed by atoms with Gasteiger partial charge < -0.3 is 27.8 Å². The molecule has 0 saturated heterocycles. The van der Waals surface area contributed by atoms with E-state index in [0.717, 1.165) is 0 Å². The minimum atomic E-state index is -4.42. The number of rotatable bonds is 12. The first-order valence-electron chi connectivity index (χ1n) is 13.0. The highest BCUT2D eigenvalue weighted by Crippen LogP contribution is 2.49. The van der Waals surface area contributed by atoms with Gasteiger partial charge in [-0.2, -0.15) is 4.57 Å². The smallest absolute Gasteiger partial charge is 0.459 e. The van der Waals surface area contributed by atoms with Crippen LogP contribution in [0.25, 0.3) is 0 Å². The summed E-state index contributed by atoms with van der Waals surface area (Å²) in [5, 5.41) is 0. The summed E-state index contributed by atoms with van der Waals surface area (Å²) in [5.41, 5.74) is 0.821. The second-order valence-electron chi connectivity index (χ2n) is 9.66. The van der Waals surface area contributed by atoms with Crippen molar-refractivity contribution in [2.75, 3.05) is 0 Å². The van der Waals surface area contributed by atoms with E-state index in [1.807, 2.05) is 0 Å². The molecule has 0 radical (unpaired) electrons. The van der Waals surface area contributed by atoms with Gasteiger partial charge in [0.05, 0.1) is 35.0 Å². The van der Waals surface area contributed by atoms with Crippen LogP contribution in [0, 0.1) is 0 Å². The topological polar surface area (TPSA) is 124 Å². The first-order chi connectivity index (χ1) is 19.3. The van der Waals surface area contributed by atoms with Gasteiger partial charge in [-0.05, 0) is 114 Å². The highest BCUT2D eigenvalue weighted by atomic mass is 31.2. The fourth-order valence-electron chi connectivity index (χ4n) is 3.25. The number of phosphoric ester groups is 1. The van der Waals surface area contributed by atoms with Gasteiger partial charge in [0.25, 0.3) is 0 Å². The number of hydrogen-bond acceptors (Lipinski definition) is 10. The number of carbonyl (C=O) groups is 3. The molecule has 0 aromatic heterocycles. The van der Waals surface area contributed by atoms with Crippen molar-refractivity contribution in [2.24, 2.45) is 0 Å². The van der Waals surface area contributed by atoms with Gasteiger partial charge in [-0.25, -0.2) is 14.4 Å². The van der Waals surface area contributed by atoms with E-state index in [-0.39, 0.29) is 52.3 Å². The Morgan fingerprint density at radius 2 is 0.683 bits per heavy atom. The first kappa shape index (κ1) is 31.2. The summed E-state index contributed by atoms with van der Waals surface area (Å²) in [5.74, 6) is -1.30. The second-order valence-corrected chi connectivity index (χ2v) is 11.1. The zero-order valence-corrected chi connectivity index (χ0v) is 24.6. The van der Waals surface area contributed by atoms with Gasteiger partial charge in [-0.15, -0.1) is 0 Å². The van der Waals surface area contributed by atoms with Gasteiger partial charge >= 0.3 is 25.7 Å². The lowest BCUT2D eigenvalue weighted by atomic mass is 10.2. The van der Waals surface area contributed by atoms with E-state index in [1.165, 1.54) is 72.8 Å². The normalized spacial score (nSPS) is 11.2. The maximum absolute atomic E-state index is 13.9. The Bertz CT molecular complexity index is 1210. The Morgan fingerprint density at radius 3 is 0.878 bits per heavy atom. The van der Waals surface area contributed by atoms with Crippen LogP contribution in [-0.2, 0) is 18.8 Å². The monoisotopic (exact) mass is 584 g/mol. The third kappa shape index (κ3) is 9.69. The Hall–Kier alpha value is -4.30. The molecule has 3 aromatic carbocycles. The zero-order chi connectivity index (χ0) is 30.2. The molecule has 3 rings (SSSR count). The molecular formula is C30H33O10P. The van der Waals surface area contributed by atoms with Crippen LogP contribution in [0.5, 0.6) is 17.2 Å². The lowest BCUT2D eigenvalue weighted by Crippen LogP contribution is -2.12. The molecule has 0 atom stereocenters. The van der Waals surface area contributed by atoms with Crippen LogP contribution in [-0.4, -0.2) is 36.2 Å². The molecule has 0 N–H and O–H groups in total. The molecule has 41 heavy (non-hydrogen) atoms. The van der Waals surface area contributed by atoms with Gasteiger partial charge in [0.15, 0.2) is 0 Å². The van der Waals surface area contributed by atoms with E-state index in [4.69, 9.17) is 27.8 Å². The summed E-state index contributed by atoms with van der Waals surface area (Å²) in [7, 11) is -4.42. The molecule has 0 bridgehead atoms. The molecule has 0 aliphatic heterocycles. The summed E-state index contributed by atoms with van der Waals surface area (Å²) in [6.07, 6.45) is -0.881. The third-order valence-corrected chi connectivity index (χ3v) is 6.25. The van der Waals surface area contributed by atoms with Crippen molar-refractivity contribution in [1.29, 1.82) is 0 Å². The largest absolute Gasteiger partial charge is 0.647 e. The summed E-state index contributed by atoms with van der Waals surface area (Å²) in [6.45, 7) is 10.4. The number of carbonyl (C=O) groups excluding carboxylic acids is 3. The molecule has 0 heterocycles. The third-order valence-electron chi connectivity index (χ3n) is 4.95. The Labute approximate surface area is 239 Å². The minimum Gasteiger partial charge on any atom is -0.459 e. The van der Waals surface area contributed by atoms with Crippen molar-refractivity contribution < 1.29 is 46.7 Å². The maximum Gasteiger partial charge on any atom is 0.647 e. The molecule has 11 heteroatoms. The summed E-state index contributed by atoms with van der Waals surface area (Å²) in [6, 6.07) is 17.3. The van der Waals surface area contributed by atoms with Crippen molar-refractivity contribution in [1.82, 2.24) is 0 Å². The molecule has 218 valence electrons. The van der Waals surface area contributed by atoms with Gasteiger partial charge in [0, 0.05) is 0 Å². The van der Waals surface area contributed by atoms with Crippen LogP contribution < -0.4 is 13.6 Å². The van der Waals surface area contributed by atoms with E-state index < -0.39 is 25.7 Å². The standard InChI is InChI=1S/C30H33O10P/c1-19(2)35-28(31)22-7-13-25(14-8-22)38-41(34,39-26-15-9-23(10-16-26)29(32)36-20(3)4)40-27-17-11-24(12-18-27)30(33)37-21(5)6/h7-21H,1-6H3. The predicted octanol–water partition coefficient (Wildman–Crippen LogP) is 7.03. The van der Waals surface area contributed by atoms with Crippen LogP contribution in [0.3, 0.4) is 0 Å². The van der Waals surface area contributed by atoms with E-state index in [9.17, 15) is 18.9 Å². The van der Waals surface area contributed by atoms with Crippen molar-refractivity contribution >= 4 is 25.7 Å². The first-order valence-corrected chi connectivity index (χ1v) is 14.4.